The second-order valence-electron chi connectivity index (χ2n) is 7.43. The Bertz CT molecular complexity index is 1370. The van der Waals surface area contributed by atoms with Crippen LogP contribution in [0.3, 0.4) is 0 Å². The number of rotatable bonds is 10. The first-order chi connectivity index (χ1) is 16.4. The Balaban J connectivity index is 1.55. The summed E-state index contributed by atoms with van der Waals surface area (Å²) in [6.07, 6.45) is 4.27. The van der Waals surface area contributed by atoms with E-state index in [1.807, 2.05) is 6.92 Å². The third-order valence-electron chi connectivity index (χ3n) is 5.00. The van der Waals surface area contributed by atoms with Crippen molar-refractivity contribution >= 4 is 10.0 Å². The Morgan fingerprint density at radius 1 is 1.21 bits per heavy atom. The molecular weight excluding hydrogens is 463 g/mol. The molecule has 4 aromatic rings. The van der Waals surface area contributed by atoms with Gasteiger partial charge in [-0.15, -0.1) is 0 Å². The number of ether oxygens (including phenoxy) is 1. The molecule has 0 saturated carbocycles. The van der Waals surface area contributed by atoms with E-state index >= 15 is 0 Å². The molecule has 178 valence electrons. The van der Waals surface area contributed by atoms with Gasteiger partial charge < -0.3 is 9.26 Å². The van der Waals surface area contributed by atoms with Crippen LogP contribution < -0.4 is 9.46 Å². The standard InChI is InChI=1S/C22H23FN6O4S/c1-3-4-10-26-34(30,31)17-7-5-6-15(11-17)21-27-22(33-28-21)18-13-25-29(2)19(18)14-32-20-9-8-16(23)12-24-20/h5-9,11-13,26H,3-4,10,14H2,1-2H3. The molecule has 0 bridgehead atoms. The Hall–Kier alpha value is -3.64. The van der Waals surface area contributed by atoms with Crippen LogP contribution in [-0.4, -0.2) is 39.9 Å². The van der Waals surface area contributed by atoms with Crippen molar-refractivity contribution < 1.29 is 22.1 Å². The van der Waals surface area contributed by atoms with Crippen LogP contribution in [0.2, 0.25) is 0 Å². The van der Waals surface area contributed by atoms with Gasteiger partial charge in [-0.3, -0.25) is 4.68 Å². The Labute approximate surface area is 195 Å². The number of benzene rings is 1. The molecule has 0 saturated heterocycles. The number of sulfonamides is 1. The van der Waals surface area contributed by atoms with E-state index in [1.54, 1.807) is 30.1 Å². The molecule has 0 fully saturated rings. The van der Waals surface area contributed by atoms with E-state index in [4.69, 9.17) is 9.26 Å². The Morgan fingerprint density at radius 2 is 2.06 bits per heavy atom. The van der Waals surface area contributed by atoms with Gasteiger partial charge in [0.2, 0.25) is 21.7 Å². The van der Waals surface area contributed by atoms with Gasteiger partial charge in [0.1, 0.15) is 12.4 Å². The van der Waals surface area contributed by atoms with Crippen LogP contribution in [0.25, 0.3) is 22.8 Å². The van der Waals surface area contributed by atoms with E-state index in [2.05, 4.69) is 24.9 Å². The lowest BCUT2D eigenvalue weighted by molar-refractivity contribution is 0.282. The summed E-state index contributed by atoms with van der Waals surface area (Å²) in [6, 6.07) is 9.01. The number of hydrogen-bond acceptors (Lipinski definition) is 8. The number of unbranched alkanes of at least 4 members (excludes halogenated alkanes) is 1. The predicted molar refractivity (Wildman–Crippen MR) is 121 cm³/mol. The zero-order valence-electron chi connectivity index (χ0n) is 18.6. The van der Waals surface area contributed by atoms with Crippen molar-refractivity contribution in [3.8, 4) is 28.7 Å². The third-order valence-corrected chi connectivity index (χ3v) is 6.46. The fourth-order valence-electron chi connectivity index (χ4n) is 3.12. The molecule has 34 heavy (non-hydrogen) atoms. The highest BCUT2D eigenvalue weighted by molar-refractivity contribution is 7.89. The summed E-state index contributed by atoms with van der Waals surface area (Å²) in [7, 11) is -1.91. The monoisotopic (exact) mass is 486 g/mol. The van der Waals surface area contributed by atoms with Crippen LogP contribution in [0.5, 0.6) is 5.88 Å². The zero-order valence-corrected chi connectivity index (χ0v) is 19.4. The molecule has 0 spiro atoms. The Morgan fingerprint density at radius 3 is 2.82 bits per heavy atom. The van der Waals surface area contributed by atoms with Gasteiger partial charge in [0.15, 0.2) is 0 Å². The van der Waals surface area contributed by atoms with E-state index in [0.29, 0.717) is 23.4 Å². The number of aromatic nitrogens is 5. The van der Waals surface area contributed by atoms with Crippen molar-refractivity contribution in [1.82, 2.24) is 29.6 Å². The molecule has 0 radical (unpaired) electrons. The van der Waals surface area contributed by atoms with Crippen LogP contribution in [0.1, 0.15) is 25.5 Å². The minimum atomic E-state index is -3.64. The van der Waals surface area contributed by atoms with E-state index in [-0.39, 0.29) is 29.1 Å². The topological polar surface area (TPSA) is 125 Å². The fourth-order valence-corrected chi connectivity index (χ4v) is 4.24. The maximum atomic E-state index is 13.1. The number of hydrogen-bond donors (Lipinski definition) is 1. The number of pyridine rings is 1. The maximum absolute atomic E-state index is 13.1. The zero-order chi connectivity index (χ0) is 24.1. The minimum Gasteiger partial charge on any atom is -0.471 e. The highest BCUT2D eigenvalue weighted by Crippen LogP contribution is 2.27. The SMILES string of the molecule is CCCCNS(=O)(=O)c1cccc(-c2noc(-c3cnn(C)c3COc3ccc(F)cn3)n2)c1. The van der Waals surface area contributed by atoms with Gasteiger partial charge in [-0.25, -0.2) is 22.5 Å². The summed E-state index contributed by atoms with van der Waals surface area (Å²) >= 11 is 0. The first-order valence-electron chi connectivity index (χ1n) is 10.6. The summed E-state index contributed by atoms with van der Waals surface area (Å²) < 4.78 is 53.4. The molecule has 0 aliphatic rings. The average molecular weight is 487 g/mol. The quantitative estimate of drug-likeness (QED) is 0.339. The summed E-state index contributed by atoms with van der Waals surface area (Å²) in [5, 5.41) is 8.23. The second kappa shape index (κ2) is 10.1. The molecule has 1 aromatic carbocycles. The van der Waals surface area contributed by atoms with Gasteiger partial charge in [-0.05, 0) is 24.6 Å². The van der Waals surface area contributed by atoms with Crippen molar-refractivity contribution in [2.75, 3.05) is 6.54 Å². The van der Waals surface area contributed by atoms with Crippen molar-refractivity contribution in [1.29, 1.82) is 0 Å². The van der Waals surface area contributed by atoms with Gasteiger partial charge in [0, 0.05) is 25.2 Å². The van der Waals surface area contributed by atoms with Gasteiger partial charge >= 0.3 is 0 Å². The predicted octanol–water partition coefficient (Wildman–Crippen LogP) is 3.33. The first-order valence-corrected chi connectivity index (χ1v) is 12.0. The summed E-state index contributed by atoms with van der Waals surface area (Å²) in [5.41, 5.74) is 1.68. The van der Waals surface area contributed by atoms with Crippen LogP contribution in [0.4, 0.5) is 4.39 Å². The largest absolute Gasteiger partial charge is 0.471 e. The third kappa shape index (κ3) is 5.29. The Kier molecular flexibility index (Phi) is 6.98. The van der Waals surface area contributed by atoms with E-state index in [9.17, 15) is 12.8 Å². The van der Waals surface area contributed by atoms with Crippen LogP contribution in [-0.2, 0) is 23.7 Å². The van der Waals surface area contributed by atoms with Crippen molar-refractivity contribution in [2.24, 2.45) is 7.05 Å². The van der Waals surface area contributed by atoms with E-state index < -0.39 is 15.8 Å². The van der Waals surface area contributed by atoms with Gasteiger partial charge in [-0.1, -0.05) is 30.6 Å². The van der Waals surface area contributed by atoms with E-state index in [0.717, 1.165) is 19.0 Å². The number of aryl methyl sites for hydroxylation is 1. The molecule has 1 N–H and O–H groups in total. The van der Waals surface area contributed by atoms with Crippen molar-refractivity contribution in [3.63, 3.8) is 0 Å². The molecule has 0 aliphatic heterocycles. The molecule has 3 aromatic heterocycles. The lowest BCUT2D eigenvalue weighted by atomic mass is 10.2. The molecule has 0 amide bonds. The second-order valence-corrected chi connectivity index (χ2v) is 9.20. The smallest absolute Gasteiger partial charge is 0.261 e. The van der Waals surface area contributed by atoms with Gasteiger partial charge in [-0.2, -0.15) is 10.1 Å². The molecule has 0 atom stereocenters. The summed E-state index contributed by atoms with van der Waals surface area (Å²) in [4.78, 5) is 8.42. The minimum absolute atomic E-state index is 0.0827. The maximum Gasteiger partial charge on any atom is 0.261 e. The first kappa shape index (κ1) is 23.5. The lowest BCUT2D eigenvalue weighted by Crippen LogP contribution is -2.24. The van der Waals surface area contributed by atoms with Crippen molar-refractivity contribution in [3.05, 3.63) is 60.3 Å². The summed E-state index contributed by atoms with van der Waals surface area (Å²) in [6.45, 7) is 2.44. The van der Waals surface area contributed by atoms with E-state index in [1.165, 1.54) is 24.3 Å². The average Bonchev–Trinajstić information content (AvgIpc) is 3.46. The number of halogens is 1. The molecule has 4 rings (SSSR count). The van der Waals surface area contributed by atoms with Crippen molar-refractivity contribution in [2.45, 2.75) is 31.3 Å². The molecule has 3 heterocycles. The highest BCUT2D eigenvalue weighted by Gasteiger charge is 2.20. The number of nitrogens with zero attached hydrogens (tertiary/aromatic N) is 5. The summed E-state index contributed by atoms with van der Waals surface area (Å²) in [5.74, 6) is 0.227. The van der Waals surface area contributed by atoms with Gasteiger partial charge in [0.25, 0.3) is 5.89 Å². The van der Waals surface area contributed by atoms with Gasteiger partial charge in [0.05, 0.1) is 28.5 Å². The number of nitrogens with one attached hydrogen (secondary N) is 1. The van der Waals surface area contributed by atoms with Crippen LogP contribution >= 0.6 is 0 Å². The fraction of sp³-hybridized carbons (Fsp3) is 0.273. The highest BCUT2D eigenvalue weighted by atomic mass is 32.2. The molecule has 0 aliphatic carbocycles. The lowest BCUT2D eigenvalue weighted by Gasteiger charge is -2.07. The molecular formula is C22H23FN6O4S. The van der Waals surface area contributed by atoms with Crippen LogP contribution in [0.15, 0.2) is 58.2 Å². The normalized spacial score (nSPS) is 11.6. The van der Waals surface area contributed by atoms with Crippen LogP contribution in [0, 0.1) is 5.82 Å². The molecule has 12 heteroatoms. The molecule has 0 unspecified atom stereocenters. The molecule has 10 nitrogen and oxygen atoms in total.